The smallest absolute Gasteiger partial charge is 0.338 e. The molecule has 0 saturated carbocycles. The summed E-state index contributed by atoms with van der Waals surface area (Å²) in [4.78, 5) is 15.6. The number of methoxy groups -OCH3 is 1. The van der Waals surface area contributed by atoms with Crippen LogP contribution in [0, 0.1) is 6.92 Å². The van der Waals surface area contributed by atoms with E-state index >= 15 is 0 Å². The van der Waals surface area contributed by atoms with Gasteiger partial charge in [-0.05, 0) is 36.8 Å². The number of anilines is 2. The normalized spacial score (nSPS) is 9.89. The van der Waals surface area contributed by atoms with Crippen LogP contribution in [-0.4, -0.2) is 18.1 Å². The monoisotopic (exact) mass is 242 g/mol. The summed E-state index contributed by atoms with van der Waals surface area (Å²) in [6, 6.07) is 11.2. The average Bonchev–Trinajstić information content (AvgIpc) is 2.38. The third kappa shape index (κ3) is 2.85. The molecule has 4 nitrogen and oxygen atoms in total. The molecule has 18 heavy (non-hydrogen) atoms. The molecule has 1 heterocycles. The Morgan fingerprint density at radius 2 is 2.11 bits per heavy atom. The Kier molecular flexibility index (Phi) is 3.57. The van der Waals surface area contributed by atoms with Gasteiger partial charge in [0.05, 0.1) is 12.7 Å². The van der Waals surface area contributed by atoms with Crippen molar-refractivity contribution in [2.45, 2.75) is 6.92 Å². The number of rotatable bonds is 3. The fraction of sp³-hybridized carbons (Fsp3) is 0.143. The minimum atomic E-state index is -0.371. The van der Waals surface area contributed by atoms with Crippen molar-refractivity contribution < 1.29 is 9.53 Å². The number of pyridine rings is 1. The molecule has 0 amide bonds. The molecule has 0 radical (unpaired) electrons. The van der Waals surface area contributed by atoms with Crippen LogP contribution in [-0.2, 0) is 4.74 Å². The lowest BCUT2D eigenvalue weighted by Gasteiger charge is -2.07. The second kappa shape index (κ2) is 5.31. The van der Waals surface area contributed by atoms with Gasteiger partial charge in [0, 0.05) is 11.9 Å². The Labute approximate surface area is 106 Å². The van der Waals surface area contributed by atoms with Crippen LogP contribution in [0.5, 0.6) is 0 Å². The summed E-state index contributed by atoms with van der Waals surface area (Å²) in [5.41, 5.74) is 2.57. The van der Waals surface area contributed by atoms with Crippen molar-refractivity contribution in [2.24, 2.45) is 0 Å². The molecule has 92 valence electrons. The van der Waals surface area contributed by atoms with E-state index in [2.05, 4.69) is 15.0 Å². The van der Waals surface area contributed by atoms with Gasteiger partial charge in [-0.1, -0.05) is 12.1 Å². The summed E-state index contributed by atoms with van der Waals surface area (Å²) in [6.07, 6.45) is 1.57. The van der Waals surface area contributed by atoms with Crippen molar-refractivity contribution in [1.82, 2.24) is 4.98 Å². The highest BCUT2D eigenvalue weighted by molar-refractivity contribution is 5.90. The van der Waals surface area contributed by atoms with E-state index in [-0.39, 0.29) is 5.97 Å². The van der Waals surface area contributed by atoms with Gasteiger partial charge in [-0.25, -0.2) is 9.78 Å². The highest BCUT2D eigenvalue weighted by Crippen LogP contribution is 2.16. The lowest BCUT2D eigenvalue weighted by atomic mass is 10.2. The van der Waals surface area contributed by atoms with E-state index in [1.54, 1.807) is 18.3 Å². The second-order valence-corrected chi connectivity index (χ2v) is 3.92. The van der Waals surface area contributed by atoms with Crippen molar-refractivity contribution >= 4 is 17.5 Å². The molecule has 0 atom stereocenters. The molecule has 0 saturated heterocycles. The number of ether oxygens (including phenoxy) is 1. The maximum Gasteiger partial charge on any atom is 0.338 e. The predicted molar refractivity (Wildman–Crippen MR) is 70.0 cm³/mol. The first-order valence-electron chi connectivity index (χ1n) is 5.57. The molecule has 1 N–H and O–H groups in total. The minimum Gasteiger partial charge on any atom is -0.465 e. The van der Waals surface area contributed by atoms with Crippen LogP contribution < -0.4 is 5.32 Å². The molecule has 0 aliphatic heterocycles. The van der Waals surface area contributed by atoms with E-state index < -0.39 is 0 Å². The fourth-order valence-electron chi connectivity index (χ4n) is 1.61. The summed E-state index contributed by atoms with van der Waals surface area (Å²) in [5, 5.41) is 3.15. The van der Waals surface area contributed by atoms with Crippen molar-refractivity contribution in [1.29, 1.82) is 0 Å². The molecule has 0 aliphatic rings. The predicted octanol–water partition coefficient (Wildman–Crippen LogP) is 2.92. The number of aromatic nitrogens is 1. The van der Waals surface area contributed by atoms with Crippen molar-refractivity contribution in [2.75, 3.05) is 12.4 Å². The number of benzene rings is 1. The molecule has 0 unspecified atom stereocenters. The maximum absolute atomic E-state index is 11.4. The number of carbonyl (C=O) groups excluding carboxylic acids is 1. The van der Waals surface area contributed by atoms with Crippen molar-refractivity contribution in [3.63, 3.8) is 0 Å². The zero-order valence-electron chi connectivity index (χ0n) is 10.3. The Bertz CT molecular complexity index is 567. The fourth-order valence-corrected chi connectivity index (χ4v) is 1.61. The van der Waals surface area contributed by atoms with Crippen molar-refractivity contribution in [3.8, 4) is 0 Å². The number of hydrogen-bond acceptors (Lipinski definition) is 4. The van der Waals surface area contributed by atoms with E-state index in [1.807, 2.05) is 31.2 Å². The molecule has 1 aromatic carbocycles. The molecule has 0 fully saturated rings. The number of nitrogens with one attached hydrogen (secondary N) is 1. The molecule has 0 spiro atoms. The zero-order valence-corrected chi connectivity index (χ0v) is 10.3. The van der Waals surface area contributed by atoms with Gasteiger partial charge in [-0.3, -0.25) is 0 Å². The number of hydrogen-bond donors (Lipinski definition) is 1. The molecule has 2 aromatic rings. The first-order valence-corrected chi connectivity index (χ1v) is 5.57. The lowest BCUT2D eigenvalue weighted by Crippen LogP contribution is -2.03. The first-order chi connectivity index (χ1) is 8.69. The number of carbonyl (C=O) groups is 1. The Morgan fingerprint density at radius 3 is 2.83 bits per heavy atom. The van der Waals surface area contributed by atoms with Gasteiger partial charge in [0.1, 0.15) is 5.82 Å². The minimum absolute atomic E-state index is 0.371. The van der Waals surface area contributed by atoms with Crippen LogP contribution in [0.15, 0.2) is 42.6 Å². The topological polar surface area (TPSA) is 51.2 Å². The number of nitrogens with zero attached hydrogens (tertiary/aromatic N) is 1. The van der Waals surface area contributed by atoms with E-state index in [9.17, 15) is 4.79 Å². The van der Waals surface area contributed by atoms with Gasteiger partial charge in [-0.15, -0.1) is 0 Å². The molecule has 1 aromatic heterocycles. The molecule has 0 aliphatic carbocycles. The van der Waals surface area contributed by atoms with Gasteiger partial charge in [0.2, 0.25) is 0 Å². The van der Waals surface area contributed by atoms with Crippen molar-refractivity contribution in [3.05, 3.63) is 53.7 Å². The quantitative estimate of drug-likeness (QED) is 0.841. The molecular weight excluding hydrogens is 228 g/mol. The van der Waals surface area contributed by atoms with E-state index in [0.29, 0.717) is 11.4 Å². The Balaban J connectivity index is 2.22. The molecular formula is C14H14N2O2. The molecule has 2 rings (SSSR count). The van der Waals surface area contributed by atoms with Crippen LogP contribution in [0.25, 0.3) is 0 Å². The third-order valence-corrected chi connectivity index (χ3v) is 2.47. The van der Waals surface area contributed by atoms with Crippen LogP contribution in [0.1, 0.15) is 15.9 Å². The largest absolute Gasteiger partial charge is 0.465 e. The van der Waals surface area contributed by atoms with Gasteiger partial charge >= 0.3 is 5.97 Å². The summed E-state index contributed by atoms with van der Waals surface area (Å²) in [7, 11) is 1.36. The highest BCUT2D eigenvalue weighted by atomic mass is 16.5. The zero-order chi connectivity index (χ0) is 13.0. The van der Waals surface area contributed by atoms with E-state index in [1.165, 1.54) is 7.11 Å². The summed E-state index contributed by atoms with van der Waals surface area (Å²) >= 11 is 0. The third-order valence-electron chi connectivity index (χ3n) is 2.47. The second-order valence-electron chi connectivity index (χ2n) is 3.92. The van der Waals surface area contributed by atoms with Gasteiger partial charge in [0.25, 0.3) is 0 Å². The van der Waals surface area contributed by atoms with E-state index in [0.717, 1.165) is 11.3 Å². The summed E-state index contributed by atoms with van der Waals surface area (Å²) < 4.78 is 4.67. The van der Waals surface area contributed by atoms with Crippen LogP contribution in [0.2, 0.25) is 0 Å². The first kappa shape index (κ1) is 12.1. The lowest BCUT2D eigenvalue weighted by molar-refractivity contribution is 0.0600. The molecule has 4 heteroatoms. The standard InChI is InChI=1S/C14H14N2O2/c1-10-4-3-5-12(8-10)16-13-9-11(6-7-15-13)14(17)18-2/h3-9H,1-2H3,(H,15,16). The van der Waals surface area contributed by atoms with Gasteiger partial charge in [0.15, 0.2) is 0 Å². The van der Waals surface area contributed by atoms with Gasteiger partial charge < -0.3 is 10.1 Å². The van der Waals surface area contributed by atoms with Crippen LogP contribution >= 0.6 is 0 Å². The number of esters is 1. The average molecular weight is 242 g/mol. The SMILES string of the molecule is COC(=O)c1ccnc(Nc2cccc(C)c2)c1. The molecule has 0 bridgehead atoms. The summed E-state index contributed by atoms with van der Waals surface area (Å²) in [5.74, 6) is 0.244. The van der Waals surface area contributed by atoms with Gasteiger partial charge in [-0.2, -0.15) is 0 Å². The van der Waals surface area contributed by atoms with Crippen LogP contribution in [0.3, 0.4) is 0 Å². The Morgan fingerprint density at radius 1 is 1.28 bits per heavy atom. The summed E-state index contributed by atoms with van der Waals surface area (Å²) in [6.45, 7) is 2.02. The van der Waals surface area contributed by atoms with Crippen LogP contribution in [0.4, 0.5) is 11.5 Å². The maximum atomic E-state index is 11.4. The van der Waals surface area contributed by atoms with E-state index in [4.69, 9.17) is 0 Å². The Hall–Kier alpha value is -2.36. The highest BCUT2D eigenvalue weighted by Gasteiger charge is 2.06. The number of aryl methyl sites for hydroxylation is 1.